The van der Waals surface area contributed by atoms with Gasteiger partial charge in [-0.2, -0.15) is 0 Å². The van der Waals surface area contributed by atoms with Gasteiger partial charge in [-0.3, -0.25) is 9.59 Å². The fourth-order valence-corrected chi connectivity index (χ4v) is 4.13. The molecule has 1 aromatic carbocycles. The molecule has 3 aliphatic carbocycles. The summed E-state index contributed by atoms with van der Waals surface area (Å²) in [5.41, 5.74) is 1.19. The van der Waals surface area contributed by atoms with Gasteiger partial charge in [0.2, 0.25) is 5.91 Å². The molecule has 22 heavy (non-hydrogen) atoms. The largest absolute Gasteiger partial charge is 0.481 e. The number of anilines is 1. The number of hydrogen-bond acceptors (Lipinski definition) is 2. The first kappa shape index (κ1) is 15.0. The summed E-state index contributed by atoms with van der Waals surface area (Å²) in [7, 11) is 0. The maximum Gasteiger partial charge on any atom is 0.307 e. The number of aryl methyl sites for hydroxylation is 1. The minimum atomic E-state index is -0.884. The van der Waals surface area contributed by atoms with Crippen molar-refractivity contribution in [1.82, 2.24) is 0 Å². The highest BCUT2D eigenvalue weighted by Gasteiger charge is 2.50. The van der Waals surface area contributed by atoms with Crippen molar-refractivity contribution in [3.05, 3.63) is 29.6 Å². The fourth-order valence-electron chi connectivity index (χ4n) is 4.13. The van der Waals surface area contributed by atoms with Gasteiger partial charge in [0.15, 0.2) is 0 Å². The lowest BCUT2D eigenvalue weighted by Gasteiger charge is -2.45. The van der Waals surface area contributed by atoms with Gasteiger partial charge in [-0.1, -0.05) is 6.07 Å². The van der Waals surface area contributed by atoms with Crippen molar-refractivity contribution in [3.63, 3.8) is 0 Å². The first-order valence-corrected chi connectivity index (χ1v) is 7.77. The highest BCUT2D eigenvalue weighted by Crippen LogP contribution is 2.49. The standard InChI is InChI=1S/C17H20FNO3/c1-9-2-7-12(18)8-13(9)19-16(20)14-10-3-5-11(6-4-10)15(14)17(21)22/h2,7-8,10-11,14-15H,3-6H2,1H3,(H,19,20)(H,21,22)/t10?,11?,14-,15-/m1/s1. The quantitative estimate of drug-likeness (QED) is 0.901. The molecule has 1 amide bonds. The summed E-state index contributed by atoms with van der Waals surface area (Å²) in [6.07, 6.45) is 3.61. The molecule has 2 atom stereocenters. The predicted molar refractivity (Wildman–Crippen MR) is 79.8 cm³/mol. The van der Waals surface area contributed by atoms with E-state index in [0.717, 1.165) is 31.2 Å². The third-order valence-electron chi connectivity index (χ3n) is 5.26. The van der Waals surface area contributed by atoms with Gasteiger partial charge in [-0.15, -0.1) is 0 Å². The van der Waals surface area contributed by atoms with Crippen molar-refractivity contribution in [2.45, 2.75) is 32.6 Å². The van der Waals surface area contributed by atoms with Crippen molar-refractivity contribution in [2.24, 2.45) is 23.7 Å². The van der Waals surface area contributed by atoms with Crippen LogP contribution in [-0.4, -0.2) is 17.0 Å². The van der Waals surface area contributed by atoms with Crippen LogP contribution in [0.15, 0.2) is 18.2 Å². The molecule has 0 spiro atoms. The maximum atomic E-state index is 13.3. The summed E-state index contributed by atoms with van der Waals surface area (Å²) in [5, 5.41) is 12.3. The average molecular weight is 305 g/mol. The summed E-state index contributed by atoms with van der Waals surface area (Å²) >= 11 is 0. The number of nitrogens with one attached hydrogen (secondary N) is 1. The first-order valence-electron chi connectivity index (χ1n) is 7.77. The van der Waals surface area contributed by atoms with Gasteiger partial charge in [-0.05, 0) is 62.1 Å². The number of amides is 1. The molecule has 4 rings (SSSR count). The summed E-state index contributed by atoms with van der Waals surface area (Å²) in [5.74, 6) is -2.48. The number of hydrogen-bond donors (Lipinski definition) is 2. The number of carboxylic acid groups (broad SMARTS) is 1. The van der Waals surface area contributed by atoms with Crippen LogP contribution in [0.1, 0.15) is 31.2 Å². The van der Waals surface area contributed by atoms with Crippen LogP contribution in [0.5, 0.6) is 0 Å². The Morgan fingerprint density at radius 3 is 2.32 bits per heavy atom. The van der Waals surface area contributed by atoms with Crippen molar-refractivity contribution >= 4 is 17.6 Å². The Morgan fingerprint density at radius 1 is 1.14 bits per heavy atom. The van der Waals surface area contributed by atoms with Gasteiger partial charge in [0.05, 0.1) is 11.8 Å². The van der Waals surface area contributed by atoms with Crippen molar-refractivity contribution in [2.75, 3.05) is 5.32 Å². The second-order valence-electron chi connectivity index (χ2n) is 6.51. The van der Waals surface area contributed by atoms with E-state index >= 15 is 0 Å². The van der Waals surface area contributed by atoms with Gasteiger partial charge in [-0.25, -0.2) is 4.39 Å². The molecule has 3 fully saturated rings. The molecule has 0 aliphatic heterocycles. The van der Waals surface area contributed by atoms with Crippen molar-refractivity contribution in [3.8, 4) is 0 Å². The third-order valence-corrected chi connectivity index (χ3v) is 5.26. The Morgan fingerprint density at radius 2 is 1.73 bits per heavy atom. The molecule has 2 bridgehead atoms. The molecular formula is C17H20FNO3. The van der Waals surface area contributed by atoms with E-state index in [4.69, 9.17) is 0 Å². The van der Waals surface area contributed by atoms with Gasteiger partial charge >= 0.3 is 5.97 Å². The number of rotatable bonds is 3. The van der Waals surface area contributed by atoms with Crippen LogP contribution >= 0.6 is 0 Å². The number of benzene rings is 1. The number of carbonyl (C=O) groups excluding carboxylic acids is 1. The topological polar surface area (TPSA) is 66.4 Å². The van der Waals surface area contributed by atoms with Crippen LogP contribution in [0.3, 0.4) is 0 Å². The van der Waals surface area contributed by atoms with E-state index in [1.165, 1.54) is 12.1 Å². The molecule has 4 nitrogen and oxygen atoms in total. The van der Waals surface area contributed by atoms with E-state index in [2.05, 4.69) is 5.32 Å². The smallest absolute Gasteiger partial charge is 0.307 e. The molecule has 0 aromatic heterocycles. The van der Waals surface area contributed by atoms with Crippen molar-refractivity contribution < 1.29 is 19.1 Å². The molecule has 118 valence electrons. The average Bonchev–Trinajstić information content (AvgIpc) is 2.51. The Hall–Kier alpha value is -1.91. The summed E-state index contributed by atoms with van der Waals surface area (Å²) in [6, 6.07) is 4.23. The second-order valence-corrected chi connectivity index (χ2v) is 6.51. The van der Waals surface area contributed by atoms with E-state index in [1.54, 1.807) is 13.0 Å². The Labute approximate surface area is 128 Å². The maximum absolute atomic E-state index is 13.3. The zero-order chi connectivity index (χ0) is 15.9. The Kier molecular flexibility index (Phi) is 3.89. The van der Waals surface area contributed by atoms with Gasteiger partial charge < -0.3 is 10.4 Å². The van der Waals surface area contributed by atoms with E-state index in [-0.39, 0.29) is 17.7 Å². The Bertz CT molecular complexity index is 608. The van der Waals surface area contributed by atoms with Gasteiger partial charge in [0.25, 0.3) is 0 Å². The van der Waals surface area contributed by atoms with E-state index in [9.17, 15) is 19.1 Å². The molecule has 0 radical (unpaired) electrons. The number of aliphatic carboxylic acids is 1. The number of fused-ring (bicyclic) bond motifs is 3. The van der Waals surface area contributed by atoms with Crippen LogP contribution in [0.25, 0.3) is 0 Å². The highest BCUT2D eigenvalue weighted by molar-refractivity contribution is 5.96. The van der Waals surface area contributed by atoms with Crippen LogP contribution in [0.4, 0.5) is 10.1 Å². The van der Waals surface area contributed by atoms with Crippen LogP contribution in [-0.2, 0) is 9.59 Å². The zero-order valence-corrected chi connectivity index (χ0v) is 12.5. The van der Waals surface area contributed by atoms with Gasteiger partial charge in [0, 0.05) is 5.69 Å². The lowest BCUT2D eigenvalue weighted by atomic mass is 9.58. The monoisotopic (exact) mass is 305 g/mol. The zero-order valence-electron chi connectivity index (χ0n) is 12.5. The van der Waals surface area contributed by atoms with Crippen LogP contribution in [0.2, 0.25) is 0 Å². The number of halogens is 1. The minimum Gasteiger partial charge on any atom is -0.481 e. The number of carbonyl (C=O) groups is 2. The SMILES string of the molecule is Cc1ccc(F)cc1NC(=O)[C@@H]1C2CCC(CC2)[C@H]1C(=O)O. The number of carboxylic acids is 1. The van der Waals surface area contributed by atoms with Crippen LogP contribution in [0, 0.1) is 36.4 Å². The first-order chi connectivity index (χ1) is 10.5. The molecule has 1 aromatic rings. The highest BCUT2D eigenvalue weighted by atomic mass is 19.1. The molecule has 0 saturated heterocycles. The summed E-state index contributed by atoms with van der Waals surface area (Å²) < 4.78 is 13.3. The molecule has 2 N–H and O–H groups in total. The summed E-state index contributed by atoms with van der Waals surface area (Å²) in [4.78, 5) is 24.2. The molecular weight excluding hydrogens is 285 g/mol. The lowest BCUT2D eigenvalue weighted by Crippen LogP contribution is -2.49. The summed E-state index contributed by atoms with van der Waals surface area (Å²) in [6.45, 7) is 1.79. The molecule has 0 heterocycles. The molecule has 0 unspecified atom stereocenters. The van der Waals surface area contributed by atoms with Crippen molar-refractivity contribution in [1.29, 1.82) is 0 Å². The predicted octanol–water partition coefficient (Wildman–Crippen LogP) is 3.21. The second kappa shape index (κ2) is 5.71. The normalized spacial score (nSPS) is 30.1. The molecule has 5 heteroatoms. The minimum absolute atomic E-state index is 0.0897. The van der Waals surface area contributed by atoms with Crippen LogP contribution < -0.4 is 5.32 Å². The molecule has 3 saturated carbocycles. The third kappa shape index (κ3) is 2.60. The van der Waals surface area contributed by atoms with E-state index < -0.39 is 23.6 Å². The van der Waals surface area contributed by atoms with E-state index in [0.29, 0.717) is 5.69 Å². The molecule has 3 aliphatic rings. The Balaban J connectivity index is 1.84. The lowest BCUT2D eigenvalue weighted by molar-refractivity contribution is -0.156. The van der Waals surface area contributed by atoms with E-state index in [1.807, 2.05) is 0 Å². The van der Waals surface area contributed by atoms with Gasteiger partial charge in [0.1, 0.15) is 5.82 Å². The fraction of sp³-hybridized carbons (Fsp3) is 0.529.